The van der Waals surface area contributed by atoms with Crippen molar-refractivity contribution in [1.82, 2.24) is 9.62 Å². The van der Waals surface area contributed by atoms with Crippen LogP contribution in [0.2, 0.25) is 0 Å². The van der Waals surface area contributed by atoms with Gasteiger partial charge in [0.2, 0.25) is 15.9 Å². The maximum atomic E-state index is 12.4. The monoisotopic (exact) mass is 334 g/mol. The average molecular weight is 334 g/mol. The fourth-order valence-corrected chi connectivity index (χ4v) is 4.23. The summed E-state index contributed by atoms with van der Waals surface area (Å²) < 4.78 is 36.4. The first kappa shape index (κ1) is 17.2. The molecular weight excluding hydrogens is 312 g/mol. The predicted octanol–water partition coefficient (Wildman–Crippen LogP) is -0.751. The van der Waals surface area contributed by atoms with Crippen LogP contribution < -0.4 is 5.32 Å². The maximum Gasteiger partial charge on any atom is 0.335 e. The highest BCUT2D eigenvalue weighted by atomic mass is 32.2. The standard InChI is InChI=1S/C13H22N2O6S/c1-2-20-13(17)11-5-3-4-10(21-11)9-22(18,19)15-7-6-14-12(16)8-15/h10-11H,2-9H2,1H3,(H,14,16)/t10-,11-/m0/s1. The van der Waals surface area contributed by atoms with Crippen molar-refractivity contribution in [1.29, 1.82) is 0 Å². The van der Waals surface area contributed by atoms with E-state index in [2.05, 4.69) is 5.32 Å². The first-order valence-corrected chi connectivity index (χ1v) is 9.10. The lowest BCUT2D eigenvalue weighted by molar-refractivity contribution is -0.164. The number of hydrogen-bond donors (Lipinski definition) is 1. The molecule has 0 aliphatic carbocycles. The Balaban J connectivity index is 1.94. The van der Waals surface area contributed by atoms with Gasteiger partial charge in [-0.1, -0.05) is 0 Å². The van der Waals surface area contributed by atoms with Gasteiger partial charge in [-0.15, -0.1) is 0 Å². The van der Waals surface area contributed by atoms with E-state index in [9.17, 15) is 18.0 Å². The summed E-state index contributed by atoms with van der Waals surface area (Å²) in [5.74, 6) is -0.957. The van der Waals surface area contributed by atoms with E-state index in [0.29, 0.717) is 25.8 Å². The molecule has 2 fully saturated rings. The van der Waals surface area contributed by atoms with Crippen LogP contribution in [0.3, 0.4) is 0 Å². The molecule has 0 aromatic rings. The normalized spacial score (nSPS) is 27.2. The number of nitrogens with zero attached hydrogens (tertiary/aromatic N) is 1. The summed E-state index contributed by atoms with van der Waals surface area (Å²) in [6, 6.07) is 0. The smallest absolute Gasteiger partial charge is 0.335 e. The summed E-state index contributed by atoms with van der Waals surface area (Å²) in [4.78, 5) is 23.0. The molecule has 2 heterocycles. The second-order valence-corrected chi connectivity index (χ2v) is 7.41. The SMILES string of the molecule is CCOC(=O)[C@@H]1CCC[C@@H](CS(=O)(=O)N2CCNC(=O)C2)O1. The van der Waals surface area contributed by atoms with Crippen LogP contribution in [0.5, 0.6) is 0 Å². The third-order valence-corrected chi connectivity index (χ3v) is 5.58. The molecule has 2 rings (SSSR count). The Bertz CT molecular complexity index is 521. The van der Waals surface area contributed by atoms with E-state index < -0.39 is 28.2 Å². The summed E-state index contributed by atoms with van der Waals surface area (Å²) >= 11 is 0. The summed E-state index contributed by atoms with van der Waals surface area (Å²) in [5.41, 5.74) is 0. The van der Waals surface area contributed by atoms with Crippen molar-refractivity contribution in [2.45, 2.75) is 38.4 Å². The van der Waals surface area contributed by atoms with Crippen LogP contribution in [0.15, 0.2) is 0 Å². The van der Waals surface area contributed by atoms with E-state index in [1.807, 2.05) is 0 Å². The van der Waals surface area contributed by atoms with Crippen LogP contribution in [0.4, 0.5) is 0 Å². The minimum absolute atomic E-state index is 0.156. The maximum absolute atomic E-state index is 12.4. The van der Waals surface area contributed by atoms with E-state index in [-0.39, 0.29) is 31.4 Å². The minimum Gasteiger partial charge on any atom is -0.464 e. The van der Waals surface area contributed by atoms with Gasteiger partial charge in [-0.3, -0.25) is 4.79 Å². The van der Waals surface area contributed by atoms with Crippen molar-refractivity contribution in [3.8, 4) is 0 Å². The lowest BCUT2D eigenvalue weighted by Gasteiger charge is -2.31. The van der Waals surface area contributed by atoms with E-state index in [0.717, 1.165) is 0 Å². The van der Waals surface area contributed by atoms with Crippen molar-refractivity contribution in [2.24, 2.45) is 0 Å². The van der Waals surface area contributed by atoms with Gasteiger partial charge in [-0.05, 0) is 26.2 Å². The Morgan fingerprint density at radius 1 is 1.45 bits per heavy atom. The molecule has 8 nitrogen and oxygen atoms in total. The molecule has 0 saturated carbocycles. The molecule has 2 atom stereocenters. The number of carbonyl (C=O) groups is 2. The highest BCUT2D eigenvalue weighted by Gasteiger charge is 2.35. The molecule has 0 radical (unpaired) electrons. The van der Waals surface area contributed by atoms with Crippen LogP contribution in [0.1, 0.15) is 26.2 Å². The van der Waals surface area contributed by atoms with E-state index >= 15 is 0 Å². The van der Waals surface area contributed by atoms with Gasteiger partial charge in [0.1, 0.15) is 0 Å². The van der Waals surface area contributed by atoms with Crippen LogP contribution in [-0.4, -0.2) is 68.8 Å². The molecule has 22 heavy (non-hydrogen) atoms. The average Bonchev–Trinajstić information content (AvgIpc) is 2.47. The highest BCUT2D eigenvalue weighted by molar-refractivity contribution is 7.89. The van der Waals surface area contributed by atoms with Crippen LogP contribution in [0.25, 0.3) is 0 Å². The number of esters is 1. The number of ether oxygens (including phenoxy) is 2. The van der Waals surface area contributed by atoms with Crippen molar-refractivity contribution >= 4 is 21.9 Å². The quantitative estimate of drug-likeness (QED) is 0.664. The van der Waals surface area contributed by atoms with Gasteiger partial charge in [-0.2, -0.15) is 4.31 Å². The highest BCUT2D eigenvalue weighted by Crippen LogP contribution is 2.22. The van der Waals surface area contributed by atoms with Crippen molar-refractivity contribution in [3.05, 3.63) is 0 Å². The largest absolute Gasteiger partial charge is 0.464 e. The predicted molar refractivity (Wildman–Crippen MR) is 77.5 cm³/mol. The molecule has 9 heteroatoms. The molecule has 0 spiro atoms. The van der Waals surface area contributed by atoms with E-state index in [1.165, 1.54) is 4.31 Å². The third-order valence-electron chi connectivity index (χ3n) is 3.69. The zero-order valence-electron chi connectivity index (χ0n) is 12.6. The van der Waals surface area contributed by atoms with Gasteiger partial charge >= 0.3 is 5.97 Å². The Kier molecular flexibility index (Phi) is 5.76. The van der Waals surface area contributed by atoms with Gasteiger partial charge in [0.25, 0.3) is 0 Å². The zero-order chi connectivity index (χ0) is 16.2. The third kappa shape index (κ3) is 4.40. The molecule has 0 aromatic heterocycles. The molecule has 1 N–H and O–H groups in total. The number of carbonyl (C=O) groups excluding carboxylic acids is 2. The van der Waals surface area contributed by atoms with E-state index in [1.54, 1.807) is 6.92 Å². The Labute approximate surface area is 130 Å². The molecule has 2 aliphatic rings. The zero-order valence-corrected chi connectivity index (χ0v) is 13.4. The Hall–Kier alpha value is -1.19. The van der Waals surface area contributed by atoms with Gasteiger partial charge in [0.05, 0.1) is 25.0 Å². The first-order valence-electron chi connectivity index (χ1n) is 7.49. The number of piperazine rings is 1. The summed E-state index contributed by atoms with van der Waals surface area (Å²) in [6.07, 6.45) is 0.595. The number of rotatable bonds is 5. The fraction of sp³-hybridized carbons (Fsp3) is 0.846. The topological polar surface area (TPSA) is 102 Å². The molecule has 0 unspecified atom stereocenters. The Morgan fingerprint density at radius 3 is 2.91 bits per heavy atom. The van der Waals surface area contributed by atoms with Crippen LogP contribution >= 0.6 is 0 Å². The number of hydrogen-bond acceptors (Lipinski definition) is 6. The van der Waals surface area contributed by atoms with Crippen molar-refractivity contribution in [3.63, 3.8) is 0 Å². The first-order chi connectivity index (χ1) is 10.4. The van der Waals surface area contributed by atoms with E-state index in [4.69, 9.17) is 9.47 Å². The minimum atomic E-state index is -3.58. The van der Waals surface area contributed by atoms with Gasteiger partial charge < -0.3 is 14.8 Å². The van der Waals surface area contributed by atoms with Crippen LogP contribution in [0, 0.1) is 0 Å². The summed E-state index contributed by atoms with van der Waals surface area (Å²) in [5, 5.41) is 2.59. The second-order valence-electron chi connectivity index (χ2n) is 5.39. The number of sulfonamides is 1. The fourth-order valence-electron chi connectivity index (χ4n) is 2.62. The van der Waals surface area contributed by atoms with Gasteiger partial charge in [-0.25, -0.2) is 13.2 Å². The Morgan fingerprint density at radius 2 is 2.23 bits per heavy atom. The molecule has 0 bridgehead atoms. The summed E-state index contributed by atoms with van der Waals surface area (Å²) in [7, 11) is -3.58. The molecule has 0 aromatic carbocycles. The molecule has 2 aliphatic heterocycles. The molecular formula is C13H22N2O6S. The summed E-state index contributed by atoms with van der Waals surface area (Å²) in [6.45, 7) is 2.40. The van der Waals surface area contributed by atoms with Gasteiger partial charge in [0, 0.05) is 13.1 Å². The molecule has 1 amide bonds. The van der Waals surface area contributed by atoms with Crippen LogP contribution in [-0.2, 0) is 29.1 Å². The van der Waals surface area contributed by atoms with Crippen molar-refractivity contribution < 1.29 is 27.5 Å². The lowest BCUT2D eigenvalue weighted by atomic mass is 10.1. The number of nitrogens with one attached hydrogen (secondary N) is 1. The van der Waals surface area contributed by atoms with Gasteiger partial charge in [0.15, 0.2) is 6.10 Å². The molecule has 2 saturated heterocycles. The number of amides is 1. The lowest BCUT2D eigenvalue weighted by Crippen LogP contribution is -2.52. The molecule has 126 valence electrons. The van der Waals surface area contributed by atoms with Crippen molar-refractivity contribution in [2.75, 3.05) is 32.0 Å². The second kappa shape index (κ2) is 7.38.